The summed E-state index contributed by atoms with van der Waals surface area (Å²) in [5.74, 6) is 0.486. The highest BCUT2D eigenvalue weighted by Gasteiger charge is 2.36. The third-order valence-corrected chi connectivity index (χ3v) is 5.91. The Kier molecular flexibility index (Phi) is 4.51. The fourth-order valence-electron chi connectivity index (χ4n) is 4.43. The van der Waals surface area contributed by atoms with Crippen LogP contribution in [0.4, 0.5) is 0 Å². The van der Waals surface area contributed by atoms with E-state index in [0.29, 0.717) is 12.8 Å². The summed E-state index contributed by atoms with van der Waals surface area (Å²) in [7, 11) is 1.61. The van der Waals surface area contributed by atoms with E-state index < -0.39 is 6.04 Å². The highest BCUT2D eigenvalue weighted by molar-refractivity contribution is 6.10. The number of rotatable bonds is 4. The largest absolute Gasteiger partial charge is 0.497 e. The number of piperidine rings is 1. The van der Waals surface area contributed by atoms with Crippen molar-refractivity contribution in [3.8, 4) is 5.75 Å². The number of para-hydroxylation sites is 2. The first-order valence-corrected chi connectivity index (χ1v) is 10.1. The van der Waals surface area contributed by atoms with E-state index in [1.807, 2.05) is 60.7 Å². The quantitative estimate of drug-likeness (QED) is 0.469. The number of benzene rings is 3. The molecule has 30 heavy (non-hydrogen) atoms. The molecule has 1 unspecified atom stereocenters. The molecule has 4 aromatic rings. The summed E-state index contributed by atoms with van der Waals surface area (Å²) in [4.78, 5) is 27.6. The molecule has 150 valence electrons. The van der Waals surface area contributed by atoms with Crippen LogP contribution in [0, 0.1) is 0 Å². The molecule has 5 rings (SSSR count). The van der Waals surface area contributed by atoms with Gasteiger partial charge in [0.05, 0.1) is 13.7 Å². The zero-order valence-electron chi connectivity index (χ0n) is 16.7. The Morgan fingerprint density at radius 1 is 0.867 bits per heavy atom. The summed E-state index contributed by atoms with van der Waals surface area (Å²) in [5, 5.41) is 2.25. The summed E-state index contributed by atoms with van der Waals surface area (Å²) in [6.45, 7) is 0.273. The van der Waals surface area contributed by atoms with Crippen LogP contribution in [0.15, 0.2) is 72.8 Å². The van der Waals surface area contributed by atoms with Crippen molar-refractivity contribution in [2.75, 3.05) is 7.11 Å². The van der Waals surface area contributed by atoms with Gasteiger partial charge in [-0.2, -0.15) is 0 Å². The number of amides is 2. The number of aromatic nitrogens is 1. The van der Waals surface area contributed by atoms with Crippen LogP contribution in [0.3, 0.4) is 0 Å². The first-order valence-electron chi connectivity index (χ1n) is 10.1. The maximum Gasteiger partial charge on any atom is 0.252 e. The second-order valence-corrected chi connectivity index (χ2v) is 7.62. The summed E-state index contributed by atoms with van der Waals surface area (Å²) in [5.41, 5.74) is 2.95. The molecule has 0 spiro atoms. The van der Waals surface area contributed by atoms with Gasteiger partial charge in [-0.1, -0.05) is 48.5 Å². The lowest BCUT2D eigenvalue weighted by Gasteiger charge is -2.32. The predicted molar refractivity (Wildman–Crippen MR) is 116 cm³/mol. The van der Waals surface area contributed by atoms with E-state index in [0.717, 1.165) is 33.1 Å². The Balaban J connectivity index is 1.55. The molecule has 5 heteroatoms. The number of imide groups is 1. The van der Waals surface area contributed by atoms with Crippen molar-refractivity contribution < 1.29 is 14.3 Å². The molecule has 1 aliphatic rings. The Morgan fingerprint density at radius 3 is 2.07 bits per heavy atom. The van der Waals surface area contributed by atoms with Gasteiger partial charge in [-0.25, -0.2) is 0 Å². The van der Waals surface area contributed by atoms with E-state index >= 15 is 0 Å². The number of hydrogen-bond donors (Lipinski definition) is 0. The second-order valence-electron chi connectivity index (χ2n) is 7.62. The van der Waals surface area contributed by atoms with Gasteiger partial charge in [0.25, 0.3) is 5.91 Å². The van der Waals surface area contributed by atoms with Crippen LogP contribution >= 0.6 is 0 Å². The Bertz CT molecular complexity index is 1200. The lowest BCUT2D eigenvalue weighted by Crippen LogP contribution is -2.45. The Morgan fingerprint density at radius 2 is 1.47 bits per heavy atom. The van der Waals surface area contributed by atoms with Crippen LogP contribution < -0.4 is 4.74 Å². The van der Waals surface area contributed by atoms with Crippen molar-refractivity contribution in [3.05, 3.63) is 78.4 Å². The third kappa shape index (κ3) is 2.94. The highest BCUT2D eigenvalue weighted by atomic mass is 16.5. The minimum atomic E-state index is -0.397. The summed E-state index contributed by atoms with van der Waals surface area (Å²) < 4.78 is 7.31. The van der Waals surface area contributed by atoms with Crippen LogP contribution in [0.1, 0.15) is 24.4 Å². The number of carbonyl (C=O) groups excluding carboxylic acids is 2. The van der Waals surface area contributed by atoms with E-state index in [1.165, 1.54) is 4.90 Å². The number of methoxy groups -OCH3 is 1. The molecule has 2 heterocycles. The molecule has 0 saturated carbocycles. The van der Waals surface area contributed by atoms with Crippen LogP contribution in [0.25, 0.3) is 21.8 Å². The molecular formula is C25H22N2O3. The molecule has 0 aliphatic carbocycles. The molecule has 0 N–H and O–H groups in total. The summed E-state index contributed by atoms with van der Waals surface area (Å²) in [6, 6.07) is 23.4. The fourth-order valence-corrected chi connectivity index (χ4v) is 4.43. The number of likely N-dealkylation sites (tertiary alicyclic amines) is 1. The third-order valence-electron chi connectivity index (χ3n) is 5.91. The van der Waals surface area contributed by atoms with Crippen molar-refractivity contribution in [1.82, 2.24) is 9.47 Å². The molecule has 5 nitrogen and oxygen atoms in total. The minimum Gasteiger partial charge on any atom is -0.497 e. The molecular weight excluding hydrogens is 376 g/mol. The van der Waals surface area contributed by atoms with Gasteiger partial charge < -0.3 is 9.30 Å². The van der Waals surface area contributed by atoms with E-state index in [2.05, 4.69) is 16.7 Å². The van der Waals surface area contributed by atoms with Gasteiger partial charge in [0, 0.05) is 28.2 Å². The van der Waals surface area contributed by atoms with Crippen LogP contribution in [0.2, 0.25) is 0 Å². The van der Waals surface area contributed by atoms with Gasteiger partial charge >= 0.3 is 0 Å². The normalized spacial score (nSPS) is 17.1. The van der Waals surface area contributed by atoms with Gasteiger partial charge in [-0.15, -0.1) is 0 Å². The van der Waals surface area contributed by atoms with Crippen molar-refractivity contribution in [2.24, 2.45) is 0 Å². The van der Waals surface area contributed by atoms with Crippen molar-refractivity contribution in [2.45, 2.75) is 25.4 Å². The maximum atomic E-state index is 13.5. The monoisotopic (exact) mass is 398 g/mol. The summed E-state index contributed by atoms with van der Waals surface area (Å²) >= 11 is 0. The fraction of sp³-hybridized carbons (Fsp3) is 0.200. The zero-order valence-corrected chi connectivity index (χ0v) is 16.7. The first kappa shape index (κ1) is 18.4. The van der Waals surface area contributed by atoms with E-state index in [-0.39, 0.29) is 18.4 Å². The average Bonchev–Trinajstić information content (AvgIpc) is 3.12. The standard InChI is InChI=1S/C25H22N2O3/c1-30-18-12-10-17(11-13-18)16-26-24(28)15-14-23(25(26)29)27-21-8-4-2-6-19(21)20-7-3-5-9-22(20)27/h2-13,23H,14-16H2,1H3. The lowest BCUT2D eigenvalue weighted by atomic mass is 10.0. The van der Waals surface area contributed by atoms with Gasteiger partial charge in [0.2, 0.25) is 5.91 Å². The number of ether oxygens (including phenoxy) is 1. The Hall–Kier alpha value is -3.60. The van der Waals surface area contributed by atoms with E-state index in [9.17, 15) is 9.59 Å². The van der Waals surface area contributed by atoms with Gasteiger partial charge in [-0.3, -0.25) is 14.5 Å². The van der Waals surface area contributed by atoms with Crippen molar-refractivity contribution >= 4 is 33.6 Å². The predicted octanol–water partition coefficient (Wildman–Crippen LogP) is 4.69. The molecule has 1 aliphatic heterocycles. The van der Waals surface area contributed by atoms with Crippen molar-refractivity contribution in [3.63, 3.8) is 0 Å². The zero-order chi connectivity index (χ0) is 20.7. The molecule has 1 fully saturated rings. The van der Waals surface area contributed by atoms with Gasteiger partial charge in [0.1, 0.15) is 11.8 Å². The number of carbonyl (C=O) groups is 2. The maximum absolute atomic E-state index is 13.5. The lowest BCUT2D eigenvalue weighted by molar-refractivity contribution is -0.151. The molecule has 1 atom stereocenters. The van der Waals surface area contributed by atoms with Gasteiger partial charge in [0.15, 0.2) is 0 Å². The van der Waals surface area contributed by atoms with Gasteiger partial charge in [-0.05, 0) is 36.2 Å². The summed E-state index contributed by atoms with van der Waals surface area (Å²) in [6.07, 6.45) is 0.868. The number of hydrogen-bond acceptors (Lipinski definition) is 3. The van der Waals surface area contributed by atoms with Crippen LogP contribution in [0.5, 0.6) is 5.75 Å². The van der Waals surface area contributed by atoms with Crippen LogP contribution in [-0.2, 0) is 16.1 Å². The van der Waals surface area contributed by atoms with E-state index in [4.69, 9.17) is 4.74 Å². The van der Waals surface area contributed by atoms with Crippen LogP contribution in [-0.4, -0.2) is 28.4 Å². The molecule has 1 aromatic heterocycles. The highest BCUT2D eigenvalue weighted by Crippen LogP contribution is 2.36. The molecule has 0 radical (unpaired) electrons. The Labute approximate surface area is 174 Å². The average molecular weight is 398 g/mol. The first-order chi connectivity index (χ1) is 14.7. The molecule has 0 bridgehead atoms. The SMILES string of the molecule is COc1ccc(CN2C(=O)CCC(n3c4ccccc4c4ccccc43)C2=O)cc1. The molecule has 3 aromatic carbocycles. The van der Waals surface area contributed by atoms with E-state index in [1.54, 1.807) is 7.11 Å². The molecule has 2 amide bonds. The van der Waals surface area contributed by atoms with Crippen molar-refractivity contribution in [1.29, 1.82) is 0 Å². The smallest absolute Gasteiger partial charge is 0.252 e. The second kappa shape index (κ2) is 7.34. The number of fused-ring (bicyclic) bond motifs is 3. The minimum absolute atomic E-state index is 0.118. The number of nitrogens with zero attached hydrogens (tertiary/aromatic N) is 2. The molecule has 1 saturated heterocycles. The topological polar surface area (TPSA) is 51.5 Å².